The fourth-order valence-electron chi connectivity index (χ4n) is 1.83. The van der Waals surface area contributed by atoms with Crippen molar-refractivity contribution < 1.29 is 18.3 Å². The second-order valence-corrected chi connectivity index (χ2v) is 4.44. The van der Waals surface area contributed by atoms with Crippen LogP contribution in [0.5, 0.6) is 0 Å². The van der Waals surface area contributed by atoms with E-state index in [0.717, 1.165) is 6.92 Å². The van der Waals surface area contributed by atoms with Gasteiger partial charge in [-0.1, -0.05) is 31.2 Å². The van der Waals surface area contributed by atoms with Gasteiger partial charge < -0.3 is 5.11 Å². The number of aliphatic hydroxyl groups is 1. The number of allylic oxidation sites excluding steroid dienone is 2. The van der Waals surface area contributed by atoms with Crippen LogP contribution < -0.4 is 5.32 Å². The molecule has 100 valence electrons. The Morgan fingerprint density at radius 1 is 1.44 bits per heavy atom. The third kappa shape index (κ3) is 2.42. The molecular formula is C12H15F3N2O. The number of nitrogens with zero attached hydrogens (tertiary/aromatic N) is 1. The second kappa shape index (κ2) is 4.75. The van der Waals surface area contributed by atoms with Crippen molar-refractivity contribution in [2.75, 3.05) is 0 Å². The zero-order valence-corrected chi connectivity index (χ0v) is 10.1. The van der Waals surface area contributed by atoms with E-state index < -0.39 is 23.4 Å². The number of nitrogens with one attached hydrogen (secondary N) is 1. The van der Waals surface area contributed by atoms with Gasteiger partial charge in [-0.25, -0.2) is 0 Å². The second-order valence-electron chi connectivity index (χ2n) is 4.44. The standard InChI is InChI=1S/C12H15F3N2O/c1-3-11(7-5-4-6-9(11)18)17-10(2,8-16)12(13,14)15/h4-7,9,17-18H,3H2,1-2H3/t9?,10?,11-/m1/s1. The molecule has 3 nitrogen and oxygen atoms in total. The summed E-state index contributed by atoms with van der Waals surface area (Å²) in [5.41, 5.74) is -3.99. The Hall–Kier alpha value is -1.32. The Balaban J connectivity index is 3.11. The minimum absolute atomic E-state index is 0.225. The molecule has 6 heteroatoms. The van der Waals surface area contributed by atoms with Gasteiger partial charge in [-0.3, -0.25) is 5.32 Å². The van der Waals surface area contributed by atoms with Crippen molar-refractivity contribution in [3.63, 3.8) is 0 Å². The number of rotatable bonds is 3. The van der Waals surface area contributed by atoms with Crippen LogP contribution in [0, 0.1) is 11.3 Å². The number of hydrogen-bond acceptors (Lipinski definition) is 3. The number of hydrogen-bond donors (Lipinski definition) is 2. The Labute approximate surface area is 104 Å². The maximum Gasteiger partial charge on any atom is 0.419 e. The zero-order valence-electron chi connectivity index (χ0n) is 10.1. The van der Waals surface area contributed by atoms with Crippen LogP contribution in [0.3, 0.4) is 0 Å². The monoisotopic (exact) mass is 260 g/mol. The lowest BCUT2D eigenvalue weighted by Crippen LogP contribution is -2.65. The SMILES string of the molecule is CC[C@@]1(NC(C)(C#N)C(F)(F)F)C=CC=CC1O. The van der Waals surface area contributed by atoms with Gasteiger partial charge in [-0.15, -0.1) is 0 Å². The third-order valence-electron chi connectivity index (χ3n) is 3.18. The van der Waals surface area contributed by atoms with E-state index in [9.17, 15) is 18.3 Å². The number of nitriles is 1. The molecule has 1 rings (SSSR count). The molecule has 3 atom stereocenters. The van der Waals surface area contributed by atoms with E-state index in [1.54, 1.807) is 19.1 Å². The van der Waals surface area contributed by atoms with Gasteiger partial charge in [0.1, 0.15) is 0 Å². The van der Waals surface area contributed by atoms with E-state index in [-0.39, 0.29) is 6.42 Å². The molecular weight excluding hydrogens is 245 g/mol. The minimum atomic E-state index is -4.72. The minimum Gasteiger partial charge on any atom is -0.387 e. The summed E-state index contributed by atoms with van der Waals surface area (Å²) in [6.07, 6.45) is 0.349. The molecule has 0 aromatic heterocycles. The highest BCUT2D eigenvalue weighted by molar-refractivity contribution is 5.28. The highest BCUT2D eigenvalue weighted by atomic mass is 19.4. The molecule has 0 amide bonds. The topological polar surface area (TPSA) is 56.0 Å². The Kier molecular flexibility index (Phi) is 3.89. The molecule has 0 aliphatic heterocycles. The normalized spacial score (nSPS) is 30.8. The molecule has 0 radical (unpaired) electrons. The molecule has 0 saturated carbocycles. The average Bonchev–Trinajstić information content (AvgIpc) is 2.30. The number of halogens is 3. The third-order valence-corrected chi connectivity index (χ3v) is 3.18. The maximum absolute atomic E-state index is 12.9. The first kappa shape index (κ1) is 14.7. The lowest BCUT2D eigenvalue weighted by molar-refractivity contribution is -0.180. The quantitative estimate of drug-likeness (QED) is 0.816. The van der Waals surface area contributed by atoms with Crippen LogP contribution in [0.25, 0.3) is 0 Å². The van der Waals surface area contributed by atoms with E-state index in [1.165, 1.54) is 18.2 Å². The van der Waals surface area contributed by atoms with Crippen LogP contribution in [0.15, 0.2) is 24.3 Å². The summed E-state index contributed by atoms with van der Waals surface area (Å²) in [5, 5.41) is 20.9. The van der Waals surface area contributed by atoms with E-state index in [1.807, 2.05) is 0 Å². The largest absolute Gasteiger partial charge is 0.419 e. The number of aliphatic hydroxyl groups excluding tert-OH is 1. The van der Waals surface area contributed by atoms with Crippen molar-refractivity contribution in [1.29, 1.82) is 5.26 Å². The van der Waals surface area contributed by atoms with E-state index in [4.69, 9.17) is 5.26 Å². The fourth-order valence-corrected chi connectivity index (χ4v) is 1.83. The summed E-state index contributed by atoms with van der Waals surface area (Å²) in [6, 6.07) is 1.24. The highest BCUT2D eigenvalue weighted by Gasteiger charge is 2.55. The molecule has 2 N–H and O–H groups in total. The van der Waals surface area contributed by atoms with Crippen molar-refractivity contribution in [2.24, 2.45) is 0 Å². The molecule has 0 saturated heterocycles. The van der Waals surface area contributed by atoms with Crippen LogP contribution in [0.2, 0.25) is 0 Å². The molecule has 0 bridgehead atoms. The smallest absolute Gasteiger partial charge is 0.387 e. The van der Waals surface area contributed by atoms with E-state index >= 15 is 0 Å². The summed E-state index contributed by atoms with van der Waals surface area (Å²) < 4.78 is 38.7. The lowest BCUT2D eigenvalue weighted by Gasteiger charge is -2.41. The summed E-state index contributed by atoms with van der Waals surface area (Å²) in [4.78, 5) is 0. The first-order valence-electron chi connectivity index (χ1n) is 5.52. The molecule has 0 heterocycles. The van der Waals surface area contributed by atoms with Crippen LogP contribution in [0.4, 0.5) is 13.2 Å². The molecule has 1 aliphatic carbocycles. The van der Waals surface area contributed by atoms with Crippen LogP contribution >= 0.6 is 0 Å². The predicted octanol–water partition coefficient (Wildman–Crippen LogP) is 2.06. The molecule has 0 aromatic carbocycles. The van der Waals surface area contributed by atoms with Gasteiger partial charge in [-0.2, -0.15) is 18.4 Å². The molecule has 18 heavy (non-hydrogen) atoms. The lowest BCUT2D eigenvalue weighted by atomic mass is 9.83. The predicted molar refractivity (Wildman–Crippen MR) is 60.5 cm³/mol. The van der Waals surface area contributed by atoms with Gasteiger partial charge in [-0.05, 0) is 13.3 Å². The molecule has 0 fully saturated rings. The average molecular weight is 260 g/mol. The molecule has 0 aromatic rings. The summed E-state index contributed by atoms with van der Waals surface area (Å²) >= 11 is 0. The molecule has 2 unspecified atom stereocenters. The number of alkyl halides is 3. The van der Waals surface area contributed by atoms with Gasteiger partial charge in [0.2, 0.25) is 5.54 Å². The summed E-state index contributed by atoms with van der Waals surface area (Å²) in [7, 11) is 0. The van der Waals surface area contributed by atoms with Gasteiger partial charge in [0.25, 0.3) is 0 Å². The van der Waals surface area contributed by atoms with Crippen LogP contribution in [-0.2, 0) is 0 Å². The van der Waals surface area contributed by atoms with Crippen molar-refractivity contribution in [1.82, 2.24) is 5.32 Å². The van der Waals surface area contributed by atoms with Crippen molar-refractivity contribution in [3.05, 3.63) is 24.3 Å². The highest BCUT2D eigenvalue weighted by Crippen LogP contribution is 2.34. The first-order chi connectivity index (χ1) is 8.21. The van der Waals surface area contributed by atoms with Crippen molar-refractivity contribution >= 4 is 0 Å². The van der Waals surface area contributed by atoms with Crippen LogP contribution in [-0.4, -0.2) is 28.5 Å². The van der Waals surface area contributed by atoms with E-state index in [2.05, 4.69) is 5.32 Å². The Morgan fingerprint density at radius 2 is 2.06 bits per heavy atom. The first-order valence-corrected chi connectivity index (χ1v) is 5.52. The zero-order chi connectivity index (χ0) is 14.0. The van der Waals surface area contributed by atoms with E-state index in [0.29, 0.717) is 0 Å². The molecule has 1 aliphatic rings. The fraction of sp³-hybridized carbons (Fsp3) is 0.583. The van der Waals surface area contributed by atoms with Gasteiger partial charge in [0.15, 0.2) is 0 Å². The summed E-state index contributed by atoms with van der Waals surface area (Å²) in [5.74, 6) is 0. The Bertz CT molecular complexity index is 411. The van der Waals surface area contributed by atoms with Gasteiger partial charge in [0.05, 0.1) is 17.7 Å². The summed E-state index contributed by atoms with van der Waals surface area (Å²) in [6.45, 7) is 2.41. The maximum atomic E-state index is 12.9. The van der Waals surface area contributed by atoms with Crippen LogP contribution in [0.1, 0.15) is 20.3 Å². The van der Waals surface area contributed by atoms with Gasteiger partial charge in [0, 0.05) is 0 Å². The van der Waals surface area contributed by atoms with Crippen molar-refractivity contribution in [2.45, 2.75) is 43.6 Å². The molecule has 0 spiro atoms. The van der Waals surface area contributed by atoms with Crippen molar-refractivity contribution in [3.8, 4) is 6.07 Å². The van der Waals surface area contributed by atoms with Gasteiger partial charge >= 0.3 is 6.18 Å². The Morgan fingerprint density at radius 3 is 2.44 bits per heavy atom.